The number of esters is 1. The Bertz CT molecular complexity index is 763. The molecule has 1 N–H and O–H groups in total. The number of hydrogen-bond donors (Lipinski definition) is 1. The Morgan fingerprint density at radius 1 is 1.44 bits per heavy atom. The summed E-state index contributed by atoms with van der Waals surface area (Å²) in [5.74, 6) is -0.506. The molecule has 148 valence electrons. The molecule has 27 heavy (non-hydrogen) atoms. The first-order valence-electron chi connectivity index (χ1n) is 8.75. The Morgan fingerprint density at radius 3 is 2.85 bits per heavy atom. The Balaban J connectivity index is 2.09. The summed E-state index contributed by atoms with van der Waals surface area (Å²) in [5, 5.41) is 4.62. The number of rotatable bonds is 6. The van der Waals surface area contributed by atoms with Crippen LogP contribution in [0.4, 0.5) is 0 Å². The molecule has 0 amide bonds. The second-order valence-electron chi connectivity index (χ2n) is 6.62. The molecule has 3 rings (SSSR count). The maximum Gasteiger partial charge on any atom is 0.317 e. The fourth-order valence-corrected chi connectivity index (χ4v) is 4.70. The largest absolute Gasteiger partial charge is 0.466 e. The van der Waals surface area contributed by atoms with Crippen LogP contribution in [0.2, 0.25) is 10.0 Å². The molecule has 0 aliphatic carbocycles. The van der Waals surface area contributed by atoms with Crippen LogP contribution in [0.3, 0.4) is 0 Å². The number of methoxy groups -OCH3 is 1. The van der Waals surface area contributed by atoms with Crippen LogP contribution in [0.15, 0.2) is 12.1 Å². The van der Waals surface area contributed by atoms with Gasteiger partial charge in [-0.2, -0.15) is 0 Å². The molecule has 0 saturated carbocycles. The lowest BCUT2D eigenvalue weighted by molar-refractivity contribution is -0.175. The molecule has 1 fully saturated rings. The van der Waals surface area contributed by atoms with Gasteiger partial charge in [0.2, 0.25) is 0 Å². The second-order valence-corrected chi connectivity index (χ2v) is 7.85. The molecule has 2 heterocycles. The number of carbonyl (C=O) groups excluding carboxylic acids is 1. The zero-order valence-electron chi connectivity index (χ0n) is 15.4. The van der Waals surface area contributed by atoms with E-state index in [1.54, 1.807) is 26.2 Å². The van der Waals surface area contributed by atoms with Gasteiger partial charge in [0.15, 0.2) is 10.8 Å². The van der Waals surface area contributed by atoms with Gasteiger partial charge in [0.05, 0.1) is 17.7 Å². The van der Waals surface area contributed by atoms with Crippen molar-refractivity contribution < 1.29 is 19.0 Å². The predicted octanol–water partition coefficient (Wildman–Crippen LogP) is 3.55. The zero-order chi connectivity index (χ0) is 19.8. The average Bonchev–Trinajstić information content (AvgIpc) is 2.59. The first-order valence-corrected chi connectivity index (χ1v) is 9.91. The Labute approximate surface area is 174 Å². The summed E-state index contributed by atoms with van der Waals surface area (Å²) in [5.41, 5.74) is -0.348. The normalized spacial score (nSPS) is 26.1. The molecule has 9 heteroatoms. The van der Waals surface area contributed by atoms with E-state index in [4.69, 9.17) is 49.6 Å². The second kappa shape index (κ2) is 7.99. The third-order valence-corrected chi connectivity index (χ3v) is 5.76. The number of benzene rings is 1. The topological polar surface area (TPSA) is 60.0 Å². The summed E-state index contributed by atoms with van der Waals surface area (Å²) >= 11 is 18.2. The number of halogens is 2. The molecular formula is C18H22Cl2N2O4S. The molecule has 0 aromatic heterocycles. The van der Waals surface area contributed by atoms with Gasteiger partial charge in [-0.15, -0.1) is 0 Å². The van der Waals surface area contributed by atoms with Gasteiger partial charge in [0.25, 0.3) is 0 Å². The zero-order valence-corrected chi connectivity index (χ0v) is 17.7. The van der Waals surface area contributed by atoms with Crippen LogP contribution < -0.4 is 10.1 Å². The monoisotopic (exact) mass is 432 g/mol. The van der Waals surface area contributed by atoms with Crippen LogP contribution in [-0.4, -0.2) is 48.6 Å². The van der Waals surface area contributed by atoms with Gasteiger partial charge < -0.3 is 24.4 Å². The molecule has 6 nitrogen and oxygen atoms in total. The summed E-state index contributed by atoms with van der Waals surface area (Å²) in [6.45, 7) is 5.01. The third kappa shape index (κ3) is 3.58. The van der Waals surface area contributed by atoms with Crippen LogP contribution in [0.25, 0.3) is 0 Å². The van der Waals surface area contributed by atoms with Crippen molar-refractivity contribution in [1.29, 1.82) is 0 Å². The minimum Gasteiger partial charge on any atom is -0.466 e. The Morgan fingerprint density at radius 2 is 2.19 bits per heavy atom. The van der Waals surface area contributed by atoms with Crippen molar-refractivity contribution in [2.75, 3.05) is 26.9 Å². The first kappa shape index (κ1) is 20.5. The molecule has 1 aromatic carbocycles. The standard InChI is InChI=1S/C18H22Cl2N2O4S/c1-4-25-16(23)13-14-11-8-10(19)9-12(20)15(11)26-18(13,2)22(17(27)21-14)6-5-7-24-3/h8-9,13-14H,4-7H2,1-3H3,(H,21,27)/t13-,14+,18-/m0/s1. The lowest BCUT2D eigenvalue weighted by atomic mass is 9.79. The number of ether oxygens (including phenoxy) is 3. The molecular weight excluding hydrogens is 411 g/mol. The van der Waals surface area contributed by atoms with E-state index in [0.717, 1.165) is 6.42 Å². The number of nitrogens with one attached hydrogen (secondary N) is 1. The molecule has 2 aliphatic rings. The van der Waals surface area contributed by atoms with Crippen LogP contribution in [-0.2, 0) is 14.3 Å². The summed E-state index contributed by atoms with van der Waals surface area (Å²) < 4.78 is 16.8. The third-order valence-electron chi connectivity index (χ3n) is 4.92. The van der Waals surface area contributed by atoms with Gasteiger partial charge in [-0.1, -0.05) is 23.2 Å². The van der Waals surface area contributed by atoms with Crippen molar-refractivity contribution in [3.63, 3.8) is 0 Å². The van der Waals surface area contributed by atoms with Crippen molar-refractivity contribution in [3.8, 4) is 5.75 Å². The fourth-order valence-electron chi connectivity index (χ4n) is 3.75. The summed E-state index contributed by atoms with van der Waals surface area (Å²) in [6.07, 6.45) is 0.721. The highest BCUT2D eigenvalue weighted by Crippen LogP contribution is 2.51. The predicted molar refractivity (Wildman–Crippen MR) is 107 cm³/mol. The highest BCUT2D eigenvalue weighted by atomic mass is 35.5. The highest BCUT2D eigenvalue weighted by molar-refractivity contribution is 7.80. The van der Waals surface area contributed by atoms with E-state index >= 15 is 0 Å². The van der Waals surface area contributed by atoms with E-state index < -0.39 is 17.7 Å². The smallest absolute Gasteiger partial charge is 0.317 e. The van der Waals surface area contributed by atoms with Crippen molar-refractivity contribution >= 4 is 46.5 Å². The van der Waals surface area contributed by atoms with Crippen molar-refractivity contribution in [2.24, 2.45) is 5.92 Å². The maximum atomic E-state index is 12.9. The highest BCUT2D eigenvalue weighted by Gasteiger charge is 2.59. The molecule has 1 saturated heterocycles. The number of nitrogens with zero attached hydrogens (tertiary/aromatic N) is 1. The van der Waals surface area contributed by atoms with E-state index in [-0.39, 0.29) is 12.6 Å². The van der Waals surface area contributed by atoms with E-state index in [1.807, 2.05) is 11.8 Å². The summed E-state index contributed by atoms with van der Waals surface area (Å²) in [7, 11) is 1.64. The molecule has 0 spiro atoms. The number of thiocarbonyl (C=S) groups is 1. The maximum absolute atomic E-state index is 12.9. The molecule has 0 unspecified atom stereocenters. The van der Waals surface area contributed by atoms with Crippen molar-refractivity contribution in [2.45, 2.75) is 32.0 Å². The number of carbonyl (C=O) groups is 1. The van der Waals surface area contributed by atoms with Gasteiger partial charge in [0.1, 0.15) is 11.7 Å². The van der Waals surface area contributed by atoms with Gasteiger partial charge in [0, 0.05) is 30.8 Å². The van der Waals surface area contributed by atoms with E-state index in [0.29, 0.717) is 39.6 Å². The fraction of sp³-hybridized carbons (Fsp3) is 0.556. The lowest BCUT2D eigenvalue weighted by Gasteiger charge is -2.55. The summed E-state index contributed by atoms with van der Waals surface area (Å²) in [4.78, 5) is 14.7. The first-order chi connectivity index (χ1) is 12.8. The molecule has 3 atom stereocenters. The van der Waals surface area contributed by atoms with Crippen molar-refractivity contribution in [3.05, 3.63) is 27.7 Å². The summed E-state index contributed by atoms with van der Waals surface area (Å²) in [6, 6.07) is 2.93. The Hall–Kier alpha value is -1.28. The molecule has 1 aromatic rings. The molecule has 2 bridgehead atoms. The van der Waals surface area contributed by atoms with Gasteiger partial charge in [-0.25, -0.2) is 0 Å². The minimum absolute atomic E-state index is 0.273. The van der Waals surface area contributed by atoms with Crippen LogP contribution in [0, 0.1) is 5.92 Å². The van der Waals surface area contributed by atoms with Crippen LogP contribution in [0.1, 0.15) is 31.9 Å². The quantitative estimate of drug-likeness (QED) is 0.418. The van der Waals surface area contributed by atoms with Crippen molar-refractivity contribution in [1.82, 2.24) is 10.2 Å². The SMILES string of the molecule is CCOC(=O)[C@@H]1[C@@H]2NC(=S)N(CCCOC)[C@@]1(C)Oc1c(Cl)cc(Cl)cc12. The van der Waals surface area contributed by atoms with E-state index in [2.05, 4.69) is 5.32 Å². The van der Waals surface area contributed by atoms with Gasteiger partial charge in [-0.3, -0.25) is 4.79 Å². The number of hydrogen-bond acceptors (Lipinski definition) is 5. The van der Waals surface area contributed by atoms with Gasteiger partial charge in [-0.05, 0) is 44.6 Å². The average molecular weight is 433 g/mol. The van der Waals surface area contributed by atoms with Crippen LogP contribution in [0.5, 0.6) is 5.75 Å². The lowest BCUT2D eigenvalue weighted by Crippen LogP contribution is -2.71. The molecule has 2 aliphatic heterocycles. The van der Waals surface area contributed by atoms with Crippen LogP contribution >= 0.6 is 35.4 Å². The Kier molecular flexibility index (Phi) is 6.05. The van der Waals surface area contributed by atoms with E-state index in [1.165, 1.54) is 0 Å². The molecule has 0 radical (unpaired) electrons. The van der Waals surface area contributed by atoms with Gasteiger partial charge >= 0.3 is 5.97 Å². The van der Waals surface area contributed by atoms with E-state index in [9.17, 15) is 4.79 Å². The minimum atomic E-state index is -1.04. The number of fused-ring (bicyclic) bond motifs is 4.